The average Bonchev–Trinajstić information content (AvgIpc) is 2.74. The van der Waals surface area contributed by atoms with Gasteiger partial charge in [-0.15, -0.1) is 0 Å². The number of hydrogen-bond donors (Lipinski definition) is 2. The third kappa shape index (κ3) is 7.29. The number of ether oxygens (including phenoxy) is 1. The molecule has 1 fully saturated rings. The van der Waals surface area contributed by atoms with E-state index in [0.29, 0.717) is 22.2 Å². The minimum atomic E-state index is -0.772. The lowest BCUT2D eigenvalue weighted by molar-refractivity contribution is -0.117. The number of halogens is 3. The molecule has 0 aliphatic carbocycles. The highest BCUT2D eigenvalue weighted by atomic mass is 35.5. The van der Waals surface area contributed by atoms with Gasteiger partial charge in [-0.2, -0.15) is 0 Å². The molecule has 0 radical (unpaired) electrons. The lowest BCUT2D eigenvalue weighted by Crippen LogP contribution is -2.57. The molecular formula is C24H30Cl2FN3O3. The molecule has 180 valence electrons. The Kier molecular flexibility index (Phi) is 8.95. The number of piperazine rings is 1. The van der Waals surface area contributed by atoms with E-state index in [1.54, 1.807) is 0 Å². The van der Waals surface area contributed by atoms with E-state index in [1.807, 2.05) is 18.2 Å². The van der Waals surface area contributed by atoms with Gasteiger partial charge in [-0.1, -0.05) is 35.3 Å². The van der Waals surface area contributed by atoms with Gasteiger partial charge in [0, 0.05) is 49.9 Å². The summed E-state index contributed by atoms with van der Waals surface area (Å²) in [5, 5.41) is 11.7. The predicted octanol–water partition coefficient (Wildman–Crippen LogP) is 3.49. The van der Waals surface area contributed by atoms with Crippen LogP contribution in [-0.4, -0.2) is 65.2 Å². The maximum Gasteiger partial charge on any atom is 0.221 e. The number of primary amides is 1. The Morgan fingerprint density at radius 1 is 1.15 bits per heavy atom. The molecule has 0 bridgehead atoms. The number of β-amino-alcohol motifs (C(OH)–C–C–N with tert-alkyl or cyclic N) is 1. The van der Waals surface area contributed by atoms with Crippen LogP contribution in [0.4, 0.5) is 4.39 Å². The molecule has 2 aromatic carbocycles. The van der Waals surface area contributed by atoms with Gasteiger partial charge in [-0.05, 0) is 37.6 Å². The van der Waals surface area contributed by atoms with E-state index < -0.39 is 17.8 Å². The number of amides is 1. The monoisotopic (exact) mass is 497 g/mol. The fourth-order valence-corrected chi connectivity index (χ4v) is 4.44. The number of aliphatic hydroxyl groups is 1. The van der Waals surface area contributed by atoms with Gasteiger partial charge in [0.2, 0.25) is 5.91 Å². The summed E-state index contributed by atoms with van der Waals surface area (Å²) in [4.78, 5) is 15.9. The van der Waals surface area contributed by atoms with Crippen LogP contribution in [0.15, 0.2) is 36.4 Å². The minimum Gasteiger partial charge on any atom is -0.490 e. The molecular weight excluding hydrogens is 468 g/mol. The van der Waals surface area contributed by atoms with E-state index in [-0.39, 0.29) is 30.9 Å². The highest BCUT2D eigenvalue weighted by molar-refractivity contribution is 6.42. The second-order valence-electron chi connectivity index (χ2n) is 8.69. The summed E-state index contributed by atoms with van der Waals surface area (Å²) < 4.78 is 19.3. The number of carbonyl (C=O) groups is 1. The lowest BCUT2D eigenvalue weighted by Gasteiger charge is -2.44. The summed E-state index contributed by atoms with van der Waals surface area (Å²) in [6.45, 7) is 7.07. The zero-order valence-electron chi connectivity index (χ0n) is 18.8. The number of benzene rings is 2. The van der Waals surface area contributed by atoms with Crippen molar-refractivity contribution in [2.24, 2.45) is 5.73 Å². The summed E-state index contributed by atoms with van der Waals surface area (Å²) in [6.07, 6.45) is -0.827. The molecule has 3 unspecified atom stereocenters. The molecule has 0 aromatic heterocycles. The van der Waals surface area contributed by atoms with Gasteiger partial charge < -0.3 is 15.6 Å². The van der Waals surface area contributed by atoms with Crippen LogP contribution in [-0.2, 0) is 17.8 Å². The number of rotatable bonds is 9. The summed E-state index contributed by atoms with van der Waals surface area (Å²) in [6, 6.07) is 10.1. The van der Waals surface area contributed by atoms with Crippen molar-refractivity contribution in [2.45, 2.75) is 45.0 Å². The number of nitrogens with two attached hydrogens (primary N) is 1. The molecule has 6 nitrogen and oxygen atoms in total. The third-order valence-corrected chi connectivity index (χ3v) is 6.62. The molecule has 1 aliphatic rings. The Balaban J connectivity index is 1.54. The van der Waals surface area contributed by atoms with E-state index >= 15 is 0 Å². The number of carbonyl (C=O) groups excluding carboxylic acids is 1. The topological polar surface area (TPSA) is 79.0 Å². The minimum absolute atomic E-state index is 0.0141. The molecule has 0 spiro atoms. The van der Waals surface area contributed by atoms with E-state index in [4.69, 9.17) is 33.7 Å². The fourth-order valence-electron chi connectivity index (χ4n) is 4.12. The Hall–Kier alpha value is -1.90. The van der Waals surface area contributed by atoms with Gasteiger partial charge >= 0.3 is 0 Å². The Bertz CT molecular complexity index is 978. The van der Waals surface area contributed by atoms with Crippen LogP contribution in [0.5, 0.6) is 5.75 Å². The molecule has 1 saturated heterocycles. The highest BCUT2D eigenvalue weighted by Crippen LogP contribution is 2.25. The molecule has 3 atom stereocenters. The molecule has 0 saturated carbocycles. The van der Waals surface area contributed by atoms with Crippen LogP contribution >= 0.6 is 23.2 Å². The van der Waals surface area contributed by atoms with Gasteiger partial charge in [0.15, 0.2) is 0 Å². The van der Waals surface area contributed by atoms with Crippen molar-refractivity contribution in [3.05, 3.63) is 63.4 Å². The number of aliphatic hydroxyl groups excluding tert-OH is 1. The maximum absolute atomic E-state index is 13.6. The van der Waals surface area contributed by atoms with Crippen molar-refractivity contribution in [3.63, 3.8) is 0 Å². The van der Waals surface area contributed by atoms with Crippen LogP contribution < -0.4 is 10.5 Å². The van der Waals surface area contributed by atoms with Crippen LogP contribution in [0.2, 0.25) is 10.0 Å². The number of nitrogens with zero attached hydrogens (tertiary/aromatic N) is 2. The van der Waals surface area contributed by atoms with Crippen LogP contribution in [0, 0.1) is 5.82 Å². The van der Waals surface area contributed by atoms with Crippen molar-refractivity contribution < 1.29 is 19.0 Å². The summed E-state index contributed by atoms with van der Waals surface area (Å²) in [5.74, 6) is -0.789. The average molecular weight is 498 g/mol. The van der Waals surface area contributed by atoms with E-state index in [1.165, 1.54) is 18.2 Å². The van der Waals surface area contributed by atoms with Crippen molar-refractivity contribution in [1.29, 1.82) is 0 Å². The SMILES string of the molecule is CC1CN(CC(O)COc2cc(F)ccc2CC(N)=O)C(C)CN1Cc1ccc(Cl)c(Cl)c1. The highest BCUT2D eigenvalue weighted by Gasteiger charge is 2.30. The molecule has 9 heteroatoms. The first-order chi connectivity index (χ1) is 15.6. The van der Waals surface area contributed by atoms with Gasteiger partial charge in [-0.25, -0.2) is 4.39 Å². The first kappa shape index (κ1) is 25.7. The summed E-state index contributed by atoms with van der Waals surface area (Å²) in [5.41, 5.74) is 6.85. The van der Waals surface area contributed by atoms with Crippen molar-refractivity contribution in [1.82, 2.24) is 9.80 Å². The standard InChI is InChI=1S/C24H30Cl2FN3O3/c1-15-11-30(16(2)10-29(15)12-17-3-6-21(25)22(26)7-17)13-20(31)14-33-23-9-19(27)5-4-18(23)8-24(28)32/h3-7,9,15-16,20,31H,8,10-14H2,1-2H3,(H2,28,32). The largest absolute Gasteiger partial charge is 0.490 e. The Morgan fingerprint density at radius 2 is 1.85 bits per heavy atom. The molecule has 1 aliphatic heterocycles. The number of hydrogen-bond acceptors (Lipinski definition) is 5. The summed E-state index contributed by atoms with van der Waals surface area (Å²) >= 11 is 12.2. The van der Waals surface area contributed by atoms with E-state index in [9.17, 15) is 14.3 Å². The summed E-state index contributed by atoms with van der Waals surface area (Å²) in [7, 11) is 0. The fraction of sp³-hybridized carbons (Fsp3) is 0.458. The first-order valence-corrected chi connectivity index (χ1v) is 11.7. The van der Waals surface area contributed by atoms with Gasteiger partial charge in [0.25, 0.3) is 0 Å². The Morgan fingerprint density at radius 3 is 2.55 bits per heavy atom. The maximum atomic E-state index is 13.6. The Labute approximate surface area is 204 Å². The van der Waals surface area contributed by atoms with Gasteiger partial charge in [-0.3, -0.25) is 14.6 Å². The zero-order chi connectivity index (χ0) is 24.1. The van der Waals surface area contributed by atoms with Gasteiger partial charge in [0.1, 0.15) is 24.3 Å². The predicted molar refractivity (Wildman–Crippen MR) is 128 cm³/mol. The van der Waals surface area contributed by atoms with E-state index in [0.717, 1.165) is 25.2 Å². The van der Waals surface area contributed by atoms with Crippen molar-refractivity contribution in [3.8, 4) is 5.75 Å². The molecule has 1 amide bonds. The first-order valence-electron chi connectivity index (χ1n) is 10.9. The van der Waals surface area contributed by atoms with E-state index in [2.05, 4.69) is 23.6 Å². The molecule has 3 rings (SSSR count). The van der Waals surface area contributed by atoms with Crippen LogP contribution in [0.25, 0.3) is 0 Å². The lowest BCUT2D eigenvalue weighted by atomic mass is 10.1. The molecule has 1 heterocycles. The smallest absolute Gasteiger partial charge is 0.221 e. The second-order valence-corrected chi connectivity index (χ2v) is 9.50. The molecule has 3 N–H and O–H groups in total. The van der Waals surface area contributed by atoms with Crippen LogP contribution in [0.3, 0.4) is 0 Å². The quantitative estimate of drug-likeness (QED) is 0.554. The zero-order valence-corrected chi connectivity index (χ0v) is 20.3. The van der Waals surface area contributed by atoms with Gasteiger partial charge in [0.05, 0.1) is 16.5 Å². The molecule has 2 aromatic rings. The second kappa shape index (κ2) is 11.5. The normalized spacial score (nSPS) is 20.5. The van der Waals surface area contributed by atoms with Crippen molar-refractivity contribution in [2.75, 3.05) is 26.2 Å². The van der Waals surface area contributed by atoms with Crippen molar-refractivity contribution >= 4 is 29.1 Å². The molecule has 33 heavy (non-hydrogen) atoms. The van der Waals surface area contributed by atoms with Crippen LogP contribution in [0.1, 0.15) is 25.0 Å². The third-order valence-electron chi connectivity index (χ3n) is 5.88.